The van der Waals surface area contributed by atoms with Crippen LogP contribution in [0, 0.1) is 12.7 Å². The molecule has 1 aromatic heterocycles. The lowest BCUT2D eigenvalue weighted by atomic mass is 10.2. The molecule has 0 aliphatic carbocycles. The number of para-hydroxylation sites is 1. The van der Waals surface area contributed by atoms with E-state index in [2.05, 4.69) is 10.3 Å². The minimum Gasteiger partial charge on any atom is -0.350 e. The minimum atomic E-state index is -0.325. The molecule has 0 saturated heterocycles. The van der Waals surface area contributed by atoms with Crippen molar-refractivity contribution in [2.45, 2.75) is 20.0 Å². The molecule has 1 N–H and O–H groups in total. The zero-order chi connectivity index (χ0) is 17.1. The topological polar surface area (TPSA) is 64.0 Å². The van der Waals surface area contributed by atoms with Crippen LogP contribution in [0.4, 0.5) is 4.39 Å². The molecule has 0 radical (unpaired) electrons. The van der Waals surface area contributed by atoms with E-state index >= 15 is 0 Å². The summed E-state index contributed by atoms with van der Waals surface area (Å²) in [7, 11) is 0. The van der Waals surface area contributed by atoms with E-state index in [1.54, 1.807) is 37.3 Å². The van der Waals surface area contributed by atoms with Crippen LogP contribution >= 0.6 is 0 Å². The molecule has 0 unspecified atom stereocenters. The van der Waals surface area contributed by atoms with Gasteiger partial charge in [-0.1, -0.05) is 24.3 Å². The second-order valence-corrected chi connectivity index (χ2v) is 5.47. The maximum atomic E-state index is 12.9. The van der Waals surface area contributed by atoms with Gasteiger partial charge in [0.1, 0.15) is 18.2 Å². The van der Waals surface area contributed by atoms with Gasteiger partial charge in [-0.25, -0.2) is 9.37 Å². The minimum absolute atomic E-state index is 0.107. The predicted octanol–water partition coefficient (Wildman–Crippen LogP) is 2.16. The number of benzene rings is 2. The van der Waals surface area contributed by atoms with Crippen LogP contribution in [0.25, 0.3) is 10.9 Å². The van der Waals surface area contributed by atoms with E-state index in [0.717, 1.165) is 5.56 Å². The van der Waals surface area contributed by atoms with Gasteiger partial charge in [-0.15, -0.1) is 0 Å². The van der Waals surface area contributed by atoms with Gasteiger partial charge >= 0.3 is 0 Å². The lowest BCUT2D eigenvalue weighted by Gasteiger charge is -2.11. The summed E-state index contributed by atoms with van der Waals surface area (Å²) in [5.74, 6) is -0.147. The van der Waals surface area contributed by atoms with Gasteiger partial charge in [-0.05, 0) is 36.8 Å². The predicted molar refractivity (Wildman–Crippen MR) is 89.0 cm³/mol. The number of fused-ring (bicyclic) bond motifs is 1. The molecule has 0 bridgehead atoms. The van der Waals surface area contributed by atoms with Crippen molar-refractivity contribution >= 4 is 16.8 Å². The number of nitrogens with one attached hydrogen (secondary N) is 1. The normalized spacial score (nSPS) is 10.8. The van der Waals surface area contributed by atoms with Crippen LogP contribution in [0.5, 0.6) is 0 Å². The number of carbonyl (C=O) groups excluding carboxylic acids is 1. The molecular weight excluding hydrogens is 309 g/mol. The maximum Gasteiger partial charge on any atom is 0.261 e. The van der Waals surface area contributed by atoms with Crippen molar-refractivity contribution in [2.75, 3.05) is 0 Å². The van der Waals surface area contributed by atoms with Gasteiger partial charge in [0.05, 0.1) is 10.9 Å². The lowest BCUT2D eigenvalue weighted by molar-refractivity contribution is -0.121. The molecule has 0 atom stereocenters. The Kier molecular flexibility index (Phi) is 4.37. The molecule has 0 aliphatic rings. The Morgan fingerprint density at radius 2 is 1.88 bits per heavy atom. The van der Waals surface area contributed by atoms with Gasteiger partial charge in [-0.2, -0.15) is 0 Å². The number of nitrogens with zero attached hydrogens (tertiary/aromatic N) is 2. The number of amides is 1. The first-order valence-corrected chi connectivity index (χ1v) is 7.52. The van der Waals surface area contributed by atoms with Gasteiger partial charge < -0.3 is 5.32 Å². The zero-order valence-electron chi connectivity index (χ0n) is 13.1. The average Bonchev–Trinajstić information content (AvgIpc) is 2.58. The van der Waals surface area contributed by atoms with Crippen LogP contribution in [0.1, 0.15) is 11.4 Å². The molecular formula is C18H16FN3O2. The fraction of sp³-hybridized carbons (Fsp3) is 0.167. The number of hydrogen-bond acceptors (Lipinski definition) is 3. The first kappa shape index (κ1) is 15.9. The number of carbonyl (C=O) groups is 1. The van der Waals surface area contributed by atoms with E-state index in [0.29, 0.717) is 16.7 Å². The molecule has 0 saturated carbocycles. The molecule has 122 valence electrons. The van der Waals surface area contributed by atoms with Crippen LogP contribution in [0.3, 0.4) is 0 Å². The van der Waals surface area contributed by atoms with Crippen molar-refractivity contribution in [3.8, 4) is 0 Å². The number of rotatable bonds is 4. The van der Waals surface area contributed by atoms with Gasteiger partial charge in [0.2, 0.25) is 5.91 Å². The number of aryl methyl sites for hydroxylation is 1. The highest BCUT2D eigenvalue weighted by Gasteiger charge is 2.11. The van der Waals surface area contributed by atoms with E-state index in [-0.39, 0.29) is 30.4 Å². The average molecular weight is 325 g/mol. The summed E-state index contributed by atoms with van der Waals surface area (Å²) in [4.78, 5) is 29.0. The Morgan fingerprint density at radius 3 is 2.62 bits per heavy atom. The largest absolute Gasteiger partial charge is 0.350 e. The van der Waals surface area contributed by atoms with Crippen LogP contribution < -0.4 is 10.9 Å². The number of aromatic nitrogens is 2. The molecule has 1 heterocycles. The summed E-state index contributed by atoms with van der Waals surface area (Å²) in [6.07, 6.45) is 0. The van der Waals surface area contributed by atoms with Crippen LogP contribution in [-0.2, 0) is 17.9 Å². The Balaban J connectivity index is 1.75. The van der Waals surface area contributed by atoms with E-state index in [4.69, 9.17) is 0 Å². The molecule has 0 fully saturated rings. The Morgan fingerprint density at radius 1 is 1.17 bits per heavy atom. The fourth-order valence-corrected chi connectivity index (χ4v) is 2.47. The lowest BCUT2D eigenvalue weighted by Crippen LogP contribution is -2.33. The van der Waals surface area contributed by atoms with Crippen LogP contribution in [0.15, 0.2) is 53.3 Å². The molecule has 3 rings (SSSR count). The number of halogens is 1. The van der Waals surface area contributed by atoms with Gasteiger partial charge in [0, 0.05) is 6.54 Å². The van der Waals surface area contributed by atoms with Gasteiger partial charge in [0.25, 0.3) is 5.56 Å². The standard InChI is InChI=1S/C18H16FN3O2/c1-12-21-16-5-3-2-4-15(16)18(24)22(12)11-17(23)20-10-13-6-8-14(19)9-7-13/h2-9H,10-11H2,1H3,(H,20,23). The summed E-state index contributed by atoms with van der Waals surface area (Å²) < 4.78 is 14.2. The monoisotopic (exact) mass is 325 g/mol. The van der Waals surface area contributed by atoms with Crippen LogP contribution in [-0.4, -0.2) is 15.5 Å². The van der Waals surface area contributed by atoms with E-state index in [1.807, 2.05) is 6.07 Å². The summed E-state index contributed by atoms with van der Waals surface area (Å²) >= 11 is 0. The summed E-state index contributed by atoms with van der Waals surface area (Å²) in [6, 6.07) is 12.9. The Bertz CT molecular complexity index is 949. The van der Waals surface area contributed by atoms with E-state index < -0.39 is 0 Å². The highest BCUT2D eigenvalue weighted by molar-refractivity contribution is 5.79. The highest BCUT2D eigenvalue weighted by atomic mass is 19.1. The quantitative estimate of drug-likeness (QED) is 0.799. The molecule has 5 nitrogen and oxygen atoms in total. The molecule has 0 aliphatic heterocycles. The Hall–Kier alpha value is -3.02. The summed E-state index contributed by atoms with van der Waals surface area (Å²) in [5, 5.41) is 3.20. The third-order valence-electron chi connectivity index (χ3n) is 3.76. The molecule has 2 aromatic carbocycles. The molecule has 1 amide bonds. The molecule has 0 spiro atoms. The van der Waals surface area contributed by atoms with Crippen molar-refractivity contribution in [2.24, 2.45) is 0 Å². The van der Waals surface area contributed by atoms with Gasteiger partial charge in [0.15, 0.2) is 0 Å². The molecule has 6 heteroatoms. The summed E-state index contributed by atoms with van der Waals surface area (Å²) in [6.45, 7) is 1.86. The highest BCUT2D eigenvalue weighted by Crippen LogP contribution is 2.07. The van der Waals surface area contributed by atoms with Crippen LogP contribution in [0.2, 0.25) is 0 Å². The molecule has 3 aromatic rings. The van der Waals surface area contributed by atoms with Crippen molar-refractivity contribution in [1.29, 1.82) is 0 Å². The third-order valence-corrected chi connectivity index (χ3v) is 3.76. The van der Waals surface area contributed by atoms with Crippen molar-refractivity contribution in [1.82, 2.24) is 14.9 Å². The van der Waals surface area contributed by atoms with Crippen molar-refractivity contribution in [3.05, 3.63) is 76.1 Å². The first-order valence-electron chi connectivity index (χ1n) is 7.52. The smallest absolute Gasteiger partial charge is 0.261 e. The summed E-state index contributed by atoms with van der Waals surface area (Å²) in [5.41, 5.74) is 1.16. The fourth-order valence-electron chi connectivity index (χ4n) is 2.47. The molecule has 24 heavy (non-hydrogen) atoms. The van der Waals surface area contributed by atoms with Crippen molar-refractivity contribution in [3.63, 3.8) is 0 Å². The maximum absolute atomic E-state index is 12.9. The Labute approximate surface area is 137 Å². The zero-order valence-corrected chi connectivity index (χ0v) is 13.1. The van der Waals surface area contributed by atoms with Gasteiger partial charge in [-0.3, -0.25) is 14.2 Å². The SMILES string of the molecule is Cc1nc2ccccc2c(=O)n1CC(=O)NCc1ccc(F)cc1. The van der Waals surface area contributed by atoms with Crippen molar-refractivity contribution < 1.29 is 9.18 Å². The van der Waals surface area contributed by atoms with E-state index in [1.165, 1.54) is 16.7 Å². The van der Waals surface area contributed by atoms with E-state index in [9.17, 15) is 14.0 Å². The first-order chi connectivity index (χ1) is 11.5. The third kappa shape index (κ3) is 3.32. The second-order valence-electron chi connectivity index (χ2n) is 5.47. The number of hydrogen-bond donors (Lipinski definition) is 1. The second kappa shape index (κ2) is 6.62.